The van der Waals surface area contributed by atoms with Crippen molar-refractivity contribution in [2.45, 2.75) is 31.5 Å². The Morgan fingerprint density at radius 2 is 1.70 bits per heavy atom. The average molecular weight is 485 g/mol. The van der Waals surface area contributed by atoms with Crippen LogP contribution in [0.2, 0.25) is 0 Å². The fraction of sp³-hybridized carbons (Fsp3) is 0.217. The number of benzene rings is 3. The van der Waals surface area contributed by atoms with Gasteiger partial charge in [-0.25, -0.2) is 0 Å². The molecule has 0 radical (unpaired) electrons. The summed E-state index contributed by atoms with van der Waals surface area (Å²) in [6.45, 7) is 0. The van der Waals surface area contributed by atoms with E-state index in [9.17, 15) is 0 Å². The molecule has 3 aromatic carbocycles. The molecular weight excluding hydrogens is 466 g/mol. The van der Waals surface area contributed by atoms with Gasteiger partial charge in [0.05, 0.1) is 6.04 Å². The maximum absolute atomic E-state index is 6.52. The van der Waals surface area contributed by atoms with Crippen molar-refractivity contribution in [2.75, 3.05) is 4.90 Å². The molecule has 0 N–H and O–H groups in total. The lowest BCUT2D eigenvalue weighted by Gasteiger charge is -2.41. The van der Waals surface area contributed by atoms with Crippen LogP contribution in [0.25, 0.3) is 0 Å². The van der Waals surface area contributed by atoms with E-state index in [2.05, 4.69) is 103 Å². The predicted octanol–water partition coefficient (Wildman–Crippen LogP) is 6.67. The largest absolute Gasteiger partial charge is 0.470 e. The molecule has 0 saturated carbocycles. The first-order chi connectivity index (χ1) is 13.2. The summed E-state index contributed by atoms with van der Waals surface area (Å²) in [5.74, 6) is 1.01. The number of anilines is 1. The summed E-state index contributed by atoms with van der Waals surface area (Å²) in [5.41, 5.74) is 5.32. The fourth-order valence-electron chi connectivity index (χ4n) is 4.28. The molecule has 0 saturated heterocycles. The number of hydrogen-bond donors (Lipinski definition) is 0. The monoisotopic (exact) mass is 483 g/mol. The van der Waals surface area contributed by atoms with Crippen molar-refractivity contribution in [3.8, 4) is 5.75 Å². The van der Waals surface area contributed by atoms with Gasteiger partial charge in [-0.05, 0) is 54.3 Å². The molecular formula is C23H19Br2NO. The van der Waals surface area contributed by atoms with Crippen molar-refractivity contribution < 1.29 is 4.74 Å². The summed E-state index contributed by atoms with van der Waals surface area (Å²) in [6.07, 6.45) is 3.03. The quantitative estimate of drug-likeness (QED) is 0.411. The van der Waals surface area contributed by atoms with Crippen LogP contribution in [0, 0.1) is 0 Å². The molecule has 136 valence electrons. The Balaban J connectivity index is 1.52. The van der Waals surface area contributed by atoms with Gasteiger partial charge in [0.1, 0.15) is 5.75 Å². The summed E-state index contributed by atoms with van der Waals surface area (Å²) < 4.78 is 8.72. The third-order valence-electron chi connectivity index (χ3n) is 5.50. The standard InChI is InChI=1S/C23H19Br2NO/c24-17-8-10-20-16(12-17)13-21-19-9-7-18(25)14-22(19)27-23(26(20)21)11-6-15-4-2-1-3-5-15/h1-5,7-10,12,14,21,23H,6,11,13H2. The van der Waals surface area contributed by atoms with E-state index < -0.39 is 0 Å². The Bertz CT molecular complexity index is 989. The van der Waals surface area contributed by atoms with Crippen molar-refractivity contribution in [3.05, 3.63) is 92.4 Å². The highest BCUT2D eigenvalue weighted by Gasteiger charge is 2.41. The number of ether oxygens (including phenoxy) is 1. The normalized spacial score (nSPS) is 19.9. The van der Waals surface area contributed by atoms with Gasteiger partial charge in [-0.15, -0.1) is 0 Å². The fourth-order valence-corrected chi connectivity index (χ4v) is 5.03. The molecule has 0 bridgehead atoms. The maximum Gasteiger partial charge on any atom is 0.173 e. The van der Waals surface area contributed by atoms with Gasteiger partial charge < -0.3 is 9.64 Å². The van der Waals surface area contributed by atoms with E-state index in [1.54, 1.807) is 0 Å². The van der Waals surface area contributed by atoms with Gasteiger partial charge in [-0.1, -0.05) is 68.3 Å². The van der Waals surface area contributed by atoms with Gasteiger partial charge in [0.15, 0.2) is 6.23 Å². The number of fused-ring (bicyclic) bond motifs is 5. The van der Waals surface area contributed by atoms with Crippen LogP contribution in [0.3, 0.4) is 0 Å². The molecule has 5 rings (SSSR count). The summed E-state index contributed by atoms with van der Waals surface area (Å²) >= 11 is 7.22. The molecule has 2 heterocycles. The lowest BCUT2D eigenvalue weighted by molar-refractivity contribution is 0.156. The van der Waals surface area contributed by atoms with Gasteiger partial charge >= 0.3 is 0 Å². The minimum absolute atomic E-state index is 0.0411. The molecule has 0 aromatic heterocycles. The van der Waals surface area contributed by atoms with Crippen LogP contribution in [0.15, 0.2) is 75.7 Å². The van der Waals surface area contributed by atoms with E-state index in [-0.39, 0.29) is 6.23 Å². The van der Waals surface area contributed by atoms with Crippen LogP contribution in [0.1, 0.15) is 29.2 Å². The molecule has 2 aliphatic rings. The zero-order chi connectivity index (χ0) is 18.4. The number of hydrogen-bond acceptors (Lipinski definition) is 2. The Kier molecular flexibility index (Phi) is 4.49. The highest BCUT2D eigenvalue weighted by molar-refractivity contribution is 9.10. The van der Waals surface area contributed by atoms with Crippen molar-refractivity contribution in [1.82, 2.24) is 0 Å². The minimum Gasteiger partial charge on any atom is -0.470 e. The number of aryl methyl sites for hydroxylation is 1. The van der Waals surface area contributed by atoms with Crippen molar-refractivity contribution >= 4 is 37.5 Å². The minimum atomic E-state index is 0.0411. The van der Waals surface area contributed by atoms with Crippen LogP contribution >= 0.6 is 31.9 Å². The van der Waals surface area contributed by atoms with Gasteiger partial charge in [-0.2, -0.15) is 0 Å². The highest BCUT2D eigenvalue weighted by atomic mass is 79.9. The first-order valence-corrected chi connectivity index (χ1v) is 10.8. The lowest BCUT2D eigenvalue weighted by Crippen LogP contribution is -2.44. The average Bonchev–Trinajstić information content (AvgIpc) is 3.05. The summed E-state index contributed by atoms with van der Waals surface area (Å²) in [4.78, 5) is 2.49. The number of nitrogens with zero attached hydrogens (tertiary/aromatic N) is 1. The molecule has 4 heteroatoms. The second kappa shape index (κ2) is 6.99. The Morgan fingerprint density at radius 1 is 0.926 bits per heavy atom. The van der Waals surface area contributed by atoms with Gasteiger partial charge in [0, 0.05) is 26.6 Å². The zero-order valence-electron chi connectivity index (χ0n) is 14.7. The van der Waals surface area contributed by atoms with Crippen molar-refractivity contribution in [2.24, 2.45) is 0 Å². The lowest BCUT2D eigenvalue weighted by atomic mass is 9.99. The van der Waals surface area contributed by atoms with Crippen molar-refractivity contribution in [3.63, 3.8) is 0 Å². The van der Waals surface area contributed by atoms with E-state index in [4.69, 9.17) is 4.74 Å². The first kappa shape index (κ1) is 17.3. The molecule has 2 atom stereocenters. The van der Waals surface area contributed by atoms with Crippen LogP contribution in [-0.2, 0) is 12.8 Å². The van der Waals surface area contributed by atoms with Crippen LogP contribution < -0.4 is 9.64 Å². The van der Waals surface area contributed by atoms with Gasteiger partial charge in [-0.3, -0.25) is 0 Å². The molecule has 0 amide bonds. The molecule has 0 aliphatic carbocycles. The third-order valence-corrected chi connectivity index (χ3v) is 6.49. The Morgan fingerprint density at radius 3 is 2.56 bits per heavy atom. The third kappa shape index (κ3) is 3.19. The predicted molar refractivity (Wildman–Crippen MR) is 116 cm³/mol. The van der Waals surface area contributed by atoms with Crippen LogP contribution in [0.4, 0.5) is 5.69 Å². The molecule has 0 fully saturated rings. The molecule has 27 heavy (non-hydrogen) atoms. The van der Waals surface area contributed by atoms with Gasteiger partial charge in [0.2, 0.25) is 0 Å². The molecule has 2 unspecified atom stereocenters. The van der Waals surface area contributed by atoms with E-state index in [0.29, 0.717) is 6.04 Å². The molecule has 2 nitrogen and oxygen atoms in total. The first-order valence-electron chi connectivity index (χ1n) is 9.26. The second-order valence-corrected chi connectivity index (χ2v) is 9.01. The number of halogens is 2. The Labute approximate surface area is 176 Å². The SMILES string of the molecule is Brc1ccc2c(c1)CC1c3ccc(Br)cc3OC(CCc3ccccc3)N21. The van der Waals surface area contributed by atoms with Gasteiger partial charge in [0.25, 0.3) is 0 Å². The van der Waals surface area contributed by atoms with E-state index in [1.165, 1.54) is 22.4 Å². The second-order valence-electron chi connectivity index (χ2n) is 7.18. The molecule has 0 spiro atoms. The molecule has 2 aliphatic heterocycles. The van der Waals surface area contributed by atoms with E-state index in [1.807, 2.05) is 0 Å². The smallest absolute Gasteiger partial charge is 0.173 e. The summed E-state index contributed by atoms with van der Waals surface area (Å²) in [7, 11) is 0. The summed E-state index contributed by atoms with van der Waals surface area (Å²) in [5, 5.41) is 0. The maximum atomic E-state index is 6.52. The van der Waals surface area contributed by atoms with E-state index >= 15 is 0 Å². The Hall–Kier alpha value is -1.78. The molecule has 3 aromatic rings. The topological polar surface area (TPSA) is 12.5 Å². The van der Waals surface area contributed by atoms with E-state index in [0.717, 1.165) is 34.0 Å². The highest BCUT2D eigenvalue weighted by Crippen LogP contribution is 2.49. The van der Waals surface area contributed by atoms with Crippen LogP contribution in [0.5, 0.6) is 5.75 Å². The van der Waals surface area contributed by atoms with Crippen molar-refractivity contribution in [1.29, 1.82) is 0 Å². The zero-order valence-corrected chi connectivity index (χ0v) is 17.9. The number of rotatable bonds is 3. The summed E-state index contributed by atoms with van der Waals surface area (Å²) in [6, 6.07) is 24.0. The van der Waals surface area contributed by atoms with Crippen LogP contribution in [-0.4, -0.2) is 6.23 Å².